The van der Waals surface area contributed by atoms with Gasteiger partial charge in [0.05, 0.1) is 12.7 Å². The molecule has 5 N–H and O–H groups in total. The van der Waals surface area contributed by atoms with Crippen LogP contribution in [0.5, 0.6) is 0 Å². The van der Waals surface area contributed by atoms with Crippen LogP contribution < -0.4 is 0 Å². The second-order valence-corrected chi connectivity index (χ2v) is 8.01. The Hall–Kier alpha value is 0.01000. The molecular weight excluding hydrogens is 463 g/mol. The maximum atomic E-state index is 13.6. The molecule has 3 saturated heterocycles. The van der Waals surface area contributed by atoms with E-state index in [0.29, 0.717) is 13.0 Å². The first-order chi connectivity index (χ1) is 13.9. The highest BCUT2D eigenvalue weighted by molar-refractivity contribution is 9.09. The van der Waals surface area contributed by atoms with Crippen molar-refractivity contribution < 1.29 is 53.6 Å². The van der Waals surface area contributed by atoms with Gasteiger partial charge in [0.2, 0.25) is 6.36 Å². The molecule has 0 aromatic rings. The molecule has 3 aliphatic rings. The van der Waals surface area contributed by atoms with Gasteiger partial charge in [0.25, 0.3) is 0 Å². The van der Waals surface area contributed by atoms with Crippen LogP contribution >= 0.6 is 15.9 Å². The van der Waals surface area contributed by atoms with Gasteiger partial charge < -0.3 is 49.2 Å². The molecule has 11 atom stereocenters. The first kappa shape index (κ1) is 23.7. The van der Waals surface area contributed by atoms with Crippen molar-refractivity contribution >= 4 is 15.9 Å². The third-order valence-corrected chi connectivity index (χ3v) is 5.98. The van der Waals surface area contributed by atoms with Crippen molar-refractivity contribution in [3.05, 3.63) is 0 Å². The van der Waals surface area contributed by atoms with Crippen LogP contribution in [-0.4, -0.2) is 112 Å². The SMILES string of the molecule is OCC1O[C@H](F)C(O)[C@@H](O)[C@@H]1O[C@H]1OC(CBr)[C@@H](OC2CCCCO2)[C@H](O)C1O. The molecule has 3 fully saturated rings. The van der Waals surface area contributed by atoms with Crippen molar-refractivity contribution in [2.45, 2.75) is 87.0 Å². The molecule has 5 unspecified atom stereocenters. The summed E-state index contributed by atoms with van der Waals surface area (Å²) in [4.78, 5) is 0. The zero-order valence-electron chi connectivity index (χ0n) is 15.6. The predicted molar refractivity (Wildman–Crippen MR) is 96.7 cm³/mol. The molecule has 0 spiro atoms. The zero-order valence-corrected chi connectivity index (χ0v) is 17.2. The van der Waals surface area contributed by atoms with Gasteiger partial charge in [-0.25, -0.2) is 4.39 Å². The summed E-state index contributed by atoms with van der Waals surface area (Å²) < 4.78 is 40.9. The van der Waals surface area contributed by atoms with Gasteiger partial charge in [-0.05, 0) is 19.3 Å². The lowest BCUT2D eigenvalue weighted by molar-refractivity contribution is -0.356. The molecule has 3 heterocycles. The Morgan fingerprint density at radius 3 is 2.21 bits per heavy atom. The molecule has 0 aromatic heterocycles. The largest absolute Gasteiger partial charge is 0.394 e. The average Bonchev–Trinajstić information content (AvgIpc) is 2.73. The van der Waals surface area contributed by atoms with Crippen LogP contribution in [-0.2, 0) is 23.7 Å². The summed E-state index contributed by atoms with van der Waals surface area (Å²) in [5, 5.41) is 50.5. The number of aliphatic hydroxyl groups is 5. The number of aliphatic hydroxyl groups excluding tert-OH is 5. The monoisotopic (exact) mass is 490 g/mol. The molecule has 0 amide bonds. The smallest absolute Gasteiger partial charge is 0.228 e. The lowest BCUT2D eigenvalue weighted by Crippen LogP contribution is -2.64. The summed E-state index contributed by atoms with van der Waals surface area (Å²) >= 11 is 3.27. The van der Waals surface area contributed by atoms with Crippen molar-refractivity contribution in [1.29, 1.82) is 0 Å². The van der Waals surface area contributed by atoms with Crippen LogP contribution in [0.25, 0.3) is 0 Å². The second-order valence-electron chi connectivity index (χ2n) is 7.37. The molecular formula is C17H28BrFO10. The van der Waals surface area contributed by atoms with Gasteiger partial charge in [-0.3, -0.25) is 0 Å². The van der Waals surface area contributed by atoms with E-state index < -0.39 is 74.4 Å². The van der Waals surface area contributed by atoms with Crippen LogP contribution in [0.4, 0.5) is 4.39 Å². The fourth-order valence-electron chi connectivity index (χ4n) is 3.67. The molecule has 12 heteroatoms. The molecule has 10 nitrogen and oxygen atoms in total. The van der Waals surface area contributed by atoms with E-state index >= 15 is 0 Å². The number of rotatable bonds is 6. The molecule has 0 bridgehead atoms. The van der Waals surface area contributed by atoms with E-state index in [-0.39, 0.29) is 5.33 Å². The summed E-state index contributed by atoms with van der Waals surface area (Å²) in [6.45, 7) is -0.158. The fraction of sp³-hybridized carbons (Fsp3) is 1.00. The molecule has 0 aliphatic carbocycles. The Morgan fingerprint density at radius 1 is 0.897 bits per heavy atom. The Morgan fingerprint density at radius 2 is 1.59 bits per heavy atom. The van der Waals surface area contributed by atoms with E-state index in [9.17, 15) is 29.9 Å². The first-order valence-electron chi connectivity index (χ1n) is 9.64. The molecule has 3 aliphatic heterocycles. The van der Waals surface area contributed by atoms with E-state index in [4.69, 9.17) is 23.7 Å². The summed E-state index contributed by atoms with van der Waals surface area (Å²) in [5.41, 5.74) is 0. The summed E-state index contributed by atoms with van der Waals surface area (Å²) in [6.07, 6.45) is -12.7. The molecule has 0 saturated carbocycles. The Labute approximate surface area is 175 Å². The van der Waals surface area contributed by atoms with Gasteiger partial charge in [0, 0.05) is 11.9 Å². The minimum absolute atomic E-state index is 0.232. The van der Waals surface area contributed by atoms with Crippen molar-refractivity contribution in [2.75, 3.05) is 18.5 Å². The van der Waals surface area contributed by atoms with E-state index in [1.807, 2.05) is 0 Å². The maximum absolute atomic E-state index is 13.6. The highest BCUT2D eigenvalue weighted by Crippen LogP contribution is 2.32. The van der Waals surface area contributed by atoms with Crippen LogP contribution in [0.2, 0.25) is 0 Å². The third-order valence-electron chi connectivity index (χ3n) is 5.34. The van der Waals surface area contributed by atoms with Crippen molar-refractivity contribution in [3.63, 3.8) is 0 Å². The van der Waals surface area contributed by atoms with E-state index in [0.717, 1.165) is 12.8 Å². The molecule has 170 valence electrons. The lowest BCUT2D eigenvalue weighted by Gasteiger charge is -2.46. The van der Waals surface area contributed by atoms with Gasteiger partial charge in [-0.1, -0.05) is 15.9 Å². The summed E-state index contributed by atoms with van der Waals surface area (Å²) in [5.74, 6) is 0. The minimum atomic E-state index is -2.20. The quantitative estimate of drug-likeness (QED) is 0.279. The number of hydrogen-bond acceptors (Lipinski definition) is 10. The van der Waals surface area contributed by atoms with Crippen LogP contribution in [0.15, 0.2) is 0 Å². The Balaban J connectivity index is 1.67. The molecule has 29 heavy (non-hydrogen) atoms. The van der Waals surface area contributed by atoms with Crippen molar-refractivity contribution in [2.24, 2.45) is 0 Å². The molecule has 3 rings (SSSR count). The normalized spacial score (nSPS) is 49.1. The van der Waals surface area contributed by atoms with Gasteiger partial charge >= 0.3 is 0 Å². The number of hydrogen-bond donors (Lipinski definition) is 5. The topological polar surface area (TPSA) is 147 Å². The predicted octanol–water partition coefficient (Wildman–Crippen LogP) is -1.47. The highest BCUT2D eigenvalue weighted by Gasteiger charge is 2.51. The highest BCUT2D eigenvalue weighted by atomic mass is 79.9. The summed E-state index contributed by atoms with van der Waals surface area (Å²) in [6, 6.07) is 0. The standard InChI is InChI=1S/C17H28BrFO10/c18-5-7-14(28-9-3-1-2-4-25-9)11(22)13(24)17(27-7)29-15-8(6-20)26-16(19)12(23)10(15)21/h7-17,20-24H,1-6H2/t7?,8?,9?,10-,11-,12?,13?,14-,15-,16+,17-/m1/s1. The summed E-state index contributed by atoms with van der Waals surface area (Å²) in [7, 11) is 0. The van der Waals surface area contributed by atoms with Gasteiger partial charge in [0.15, 0.2) is 12.6 Å². The maximum Gasteiger partial charge on any atom is 0.228 e. The Kier molecular flexibility index (Phi) is 8.61. The van der Waals surface area contributed by atoms with Crippen molar-refractivity contribution in [1.82, 2.24) is 0 Å². The first-order valence-corrected chi connectivity index (χ1v) is 10.8. The minimum Gasteiger partial charge on any atom is -0.394 e. The number of halogens is 2. The van der Waals surface area contributed by atoms with Gasteiger partial charge in [-0.2, -0.15) is 0 Å². The van der Waals surface area contributed by atoms with Crippen LogP contribution in [0.3, 0.4) is 0 Å². The number of ether oxygens (including phenoxy) is 5. The second kappa shape index (κ2) is 10.6. The number of alkyl halides is 2. The van der Waals surface area contributed by atoms with E-state index in [2.05, 4.69) is 15.9 Å². The molecule has 0 radical (unpaired) electrons. The van der Waals surface area contributed by atoms with Gasteiger partial charge in [-0.15, -0.1) is 0 Å². The molecule has 0 aromatic carbocycles. The zero-order chi connectivity index (χ0) is 21.1. The van der Waals surface area contributed by atoms with Gasteiger partial charge in [0.1, 0.15) is 42.7 Å². The fourth-order valence-corrected chi connectivity index (χ4v) is 4.19. The lowest BCUT2D eigenvalue weighted by atomic mass is 9.97. The van der Waals surface area contributed by atoms with E-state index in [1.165, 1.54) is 0 Å². The third kappa shape index (κ3) is 5.26. The van der Waals surface area contributed by atoms with Crippen LogP contribution in [0, 0.1) is 0 Å². The van der Waals surface area contributed by atoms with Crippen LogP contribution in [0.1, 0.15) is 19.3 Å². The Bertz CT molecular complexity index is 509. The van der Waals surface area contributed by atoms with E-state index in [1.54, 1.807) is 0 Å². The average molecular weight is 491 g/mol. The van der Waals surface area contributed by atoms with Crippen molar-refractivity contribution in [3.8, 4) is 0 Å².